The molecule has 0 spiro atoms. The molecular formula is C15H17ClF2N4O3. The van der Waals surface area contributed by atoms with Crippen LogP contribution in [0.25, 0.3) is 0 Å². The first-order chi connectivity index (χ1) is 12.0. The van der Waals surface area contributed by atoms with Gasteiger partial charge in [0.15, 0.2) is 5.75 Å². The van der Waals surface area contributed by atoms with Gasteiger partial charge < -0.3 is 14.8 Å². The molecule has 1 amide bonds. The van der Waals surface area contributed by atoms with Crippen molar-refractivity contribution < 1.29 is 23.0 Å². The summed E-state index contributed by atoms with van der Waals surface area (Å²) in [5.41, 5.74) is 2.85. The number of carbonyl (C=O) groups is 1. The van der Waals surface area contributed by atoms with Gasteiger partial charge in [-0.2, -0.15) is 8.78 Å². The predicted octanol–water partition coefficient (Wildman–Crippen LogP) is 2.56. The van der Waals surface area contributed by atoms with Crippen LogP contribution in [0.4, 0.5) is 14.5 Å². The molecule has 2 aromatic rings. The lowest BCUT2D eigenvalue weighted by Crippen LogP contribution is -2.18. The molecule has 25 heavy (non-hydrogen) atoms. The molecule has 1 aromatic carbocycles. The number of ether oxygens (including phenoxy) is 2. The van der Waals surface area contributed by atoms with Crippen molar-refractivity contribution in [3.63, 3.8) is 0 Å². The van der Waals surface area contributed by atoms with Gasteiger partial charge in [0, 0.05) is 18.9 Å². The molecule has 0 radical (unpaired) electrons. The summed E-state index contributed by atoms with van der Waals surface area (Å²) < 4.78 is 34.9. The number of rotatable bonds is 7. The first-order valence-electron chi connectivity index (χ1n) is 6.90. The summed E-state index contributed by atoms with van der Waals surface area (Å²) in [5, 5.41) is 3.30. The van der Waals surface area contributed by atoms with Crippen molar-refractivity contribution in [2.24, 2.45) is 5.84 Å². The normalized spacial score (nSPS) is 9.68. The van der Waals surface area contributed by atoms with Crippen molar-refractivity contribution in [1.82, 2.24) is 10.4 Å². The number of halogens is 3. The number of nitrogens with one attached hydrogen (secondary N) is 2. The fraction of sp³-hybridized carbons (Fsp3) is 0.200. The number of nitrogens with two attached hydrogens (primary N) is 1. The average molecular weight is 375 g/mol. The maximum atomic E-state index is 12.4. The zero-order valence-electron chi connectivity index (χ0n) is 13.2. The number of alkyl halides is 2. The lowest BCUT2D eigenvalue weighted by atomic mass is 10.1. The molecule has 10 heteroatoms. The van der Waals surface area contributed by atoms with Crippen LogP contribution in [0.5, 0.6) is 11.5 Å². The maximum Gasteiger partial charge on any atom is 0.387 e. The van der Waals surface area contributed by atoms with Gasteiger partial charge in [-0.25, -0.2) is 5.84 Å². The number of anilines is 1. The number of carbonyl (C=O) groups excluding carboxylic acids is 1. The van der Waals surface area contributed by atoms with Gasteiger partial charge >= 0.3 is 6.61 Å². The summed E-state index contributed by atoms with van der Waals surface area (Å²) in [6, 6.07) is 6.39. The second-order valence-corrected chi connectivity index (χ2v) is 4.70. The van der Waals surface area contributed by atoms with Crippen molar-refractivity contribution in [3.8, 4) is 11.5 Å². The monoisotopic (exact) mass is 374 g/mol. The van der Waals surface area contributed by atoms with E-state index in [1.165, 1.54) is 18.5 Å². The molecule has 1 heterocycles. The number of hydrogen-bond donors (Lipinski definition) is 3. The Kier molecular flexibility index (Phi) is 8.97. The first kappa shape index (κ1) is 20.4. The Hall–Kier alpha value is -2.65. The molecule has 2 rings (SSSR count). The molecule has 4 N–H and O–H groups in total. The minimum Gasteiger partial charge on any atom is -0.485 e. The van der Waals surface area contributed by atoms with E-state index in [0.717, 1.165) is 0 Å². The van der Waals surface area contributed by atoms with Crippen LogP contribution in [0.3, 0.4) is 0 Å². The van der Waals surface area contributed by atoms with Crippen molar-refractivity contribution in [2.45, 2.75) is 13.2 Å². The van der Waals surface area contributed by atoms with Crippen LogP contribution in [0.2, 0.25) is 5.02 Å². The van der Waals surface area contributed by atoms with Gasteiger partial charge in [0.1, 0.15) is 12.4 Å². The molecule has 0 aliphatic carbocycles. The van der Waals surface area contributed by atoms with Crippen LogP contribution in [0, 0.1) is 0 Å². The highest BCUT2D eigenvalue weighted by Crippen LogP contribution is 2.30. The third-order valence-corrected chi connectivity index (χ3v) is 3.10. The number of aromatic nitrogens is 1. The molecule has 0 saturated heterocycles. The third-order valence-electron chi connectivity index (χ3n) is 2.79. The largest absolute Gasteiger partial charge is 0.485 e. The number of hydrazine groups is 1. The Labute approximate surface area is 148 Å². The number of pyridine rings is 1. The van der Waals surface area contributed by atoms with Gasteiger partial charge in [-0.15, -0.1) is 0 Å². The molecule has 7 nitrogen and oxygen atoms in total. The van der Waals surface area contributed by atoms with Gasteiger partial charge in [0.25, 0.3) is 0 Å². The quantitative estimate of drug-likeness (QED) is 0.298. The van der Waals surface area contributed by atoms with E-state index in [0.29, 0.717) is 28.4 Å². The molecule has 0 bridgehead atoms. The fourth-order valence-corrected chi connectivity index (χ4v) is 1.93. The zero-order chi connectivity index (χ0) is 18.7. The molecule has 0 saturated carbocycles. The highest BCUT2D eigenvalue weighted by Gasteiger charge is 2.14. The van der Waals surface area contributed by atoms with Gasteiger partial charge in [-0.3, -0.25) is 15.2 Å². The Morgan fingerprint density at radius 1 is 1.36 bits per heavy atom. The van der Waals surface area contributed by atoms with E-state index in [9.17, 15) is 8.78 Å². The molecule has 0 aliphatic heterocycles. The fourth-order valence-electron chi connectivity index (χ4n) is 1.77. The Morgan fingerprint density at radius 2 is 2.08 bits per heavy atom. The molecule has 0 fully saturated rings. The van der Waals surface area contributed by atoms with Gasteiger partial charge in [0.05, 0.1) is 16.8 Å². The maximum absolute atomic E-state index is 12.4. The zero-order valence-corrected chi connectivity index (χ0v) is 14.0. The Balaban J connectivity index is 0.000000705. The number of nitrogens with zero attached hydrogens (tertiary/aromatic N) is 1. The van der Waals surface area contributed by atoms with E-state index in [4.69, 9.17) is 21.1 Å². The molecule has 0 unspecified atom stereocenters. The van der Waals surface area contributed by atoms with Crippen molar-refractivity contribution in [3.05, 3.63) is 47.2 Å². The SMILES string of the molecule is CNc1cccc(OC(F)F)c1COc1cnccc1Cl.NNC=O. The van der Waals surface area contributed by atoms with E-state index in [1.54, 1.807) is 30.7 Å². The smallest absolute Gasteiger partial charge is 0.387 e. The summed E-state index contributed by atoms with van der Waals surface area (Å²) in [5.74, 6) is 4.83. The van der Waals surface area contributed by atoms with Crippen LogP contribution in [0.1, 0.15) is 5.56 Å². The van der Waals surface area contributed by atoms with Crippen molar-refractivity contribution >= 4 is 23.7 Å². The van der Waals surface area contributed by atoms with Crippen LogP contribution in [-0.2, 0) is 11.4 Å². The molecule has 1 aromatic heterocycles. The Bertz CT molecular complexity index is 677. The number of amides is 1. The highest BCUT2D eigenvalue weighted by atomic mass is 35.5. The lowest BCUT2D eigenvalue weighted by Gasteiger charge is -2.16. The van der Waals surface area contributed by atoms with Crippen LogP contribution < -0.4 is 26.1 Å². The number of benzene rings is 1. The highest BCUT2D eigenvalue weighted by molar-refractivity contribution is 6.31. The van der Waals surface area contributed by atoms with Crippen LogP contribution in [0.15, 0.2) is 36.7 Å². The summed E-state index contributed by atoms with van der Waals surface area (Å²) in [4.78, 5) is 12.8. The van der Waals surface area contributed by atoms with Gasteiger partial charge in [-0.05, 0) is 18.2 Å². The predicted molar refractivity (Wildman–Crippen MR) is 89.6 cm³/mol. The van der Waals surface area contributed by atoms with Gasteiger partial charge in [0.2, 0.25) is 6.41 Å². The number of hydrogen-bond acceptors (Lipinski definition) is 6. The van der Waals surface area contributed by atoms with E-state index >= 15 is 0 Å². The van der Waals surface area contributed by atoms with E-state index in [-0.39, 0.29) is 12.4 Å². The second-order valence-electron chi connectivity index (χ2n) is 4.29. The molecule has 0 atom stereocenters. The summed E-state index contributed by atoms with van der Waals surface area (Å²) in [6.45, 7) is -2.89. The average Bonchev–Trinajstić information content (AvgIpc) is 2.61. The molecule has 0 aliphatic rings. The summed E-state index contributed by atoms with van der Waals surface area (Å²) >= 11 is 5.96. The van der Waals surface area contributed by atoms with Crippen LogP contribution in [-0.4, -0.2) is 25.1 Å². The van der Waals surface area contributed by atoms with Gasteiger partial charge in [-0.1, -0.05) is 17.7 Å². The van der Waals surface area contributed by atoms with Crippen LogP contribution >= 0.6 is 11.6 Å². The third kappa shape index (κ3) is 6.77. The summed E-state index contributed by atoms with van der Waals surface area (Å²) in [7, 11) is 1.68. The standard InChI is InChI=1S/C14H13ClF2N2O2.CH4N2O/c1-18-11-3-2-4-12(21-14(16)17)9(11)8-20-13-7-19-6-5-10(13)15;2-3-1-4/h2-7,14,18H,8H2,1H3;1H,2H2,(H,3,4). The second kappa shape index (κ2) is 11.0. The topological polar surface area (TPSA) is 98.5 Å². The molecular weight excluding hydrogens is 358 g/mol. The van der Waals surface area contributed by atoms with Crippen molar-refractivity contribution in [1.29, 1.82) is 0 Å². The lowest BCUT2D eigenvalue weighted by molar-refractivity contribution is -0.109. The first-order valence-corrected chi connectivity index (χ1v) is 7.27. The van der Waals surface area contributed by atoms with Crippen molar-refractivity contribution in [2.75, 3.05) is 12.4 Å². The molecule has 136 valence electrons. The van der Waals surface area contributed by atoms with E-state index in [1.807, 2.05) is 0 Å². The van der Waals surface area contributed by atoms with E-state index < -0.39 is 6.61 Å². The minimum absolute atomic E-state index is 0.0183. The Morgan fingerprint density at radius 3 is 2.64 bits per heavy atom. The van der Waals surface area contributed by atoms with E-state index in [2.05, 4.69) is 20.9 Å². The minimum atomic E-state index is -2.90. The summed E-state index contributed by atoms with van der Waals surface area (Å²) in [6.07, 6.45) is 3.39.